The highest BCUT2D eigenvalue weighted by molar-refractivity contribution is 7.09. The van der Waals surface area contributed by atoms with Crippen LogP contribution in [0.5, 0.6) is 0 Å². The summed E-state index contributed by atoms with van der Waals surface area (Å²) in [5, 5.41) is 2.14. The van der Waals surface area contributed by atoms with Gasteiger partial charge in [0.25, 0.3) is 0 Å². The molecule has 0 aliphatic heterocycles. The van der Waals surface area contributed by atoms with Gasteiger partial charge in [0.15, 0.2) is 0 Å². The van der Waals surface area contributed by atoms with Crippen molar-refractivity contribution in [2.75, 3.05) is 5.88 Å². The van der Waals surface area contributed by atoms with E-state index in [0.717, 1.165) is 5.88 Å². The van der Waals surface area contributed by atoms with Crippen molar-refractivity contribution in [1.29, 1.82) is 0 Å². The van der Waals surface area contributed by atoms with Crippen LogP contribution in [-0.2, 0) is 6.42 Å². The zero-order valence-electron chi connectivity index (χ0n) is 7.42. The first-order valence-corrected chi connectivity index (χ1v) is 5.82. The molecule has 1 heterocycles. The highest BCUT2D eigenvalue weighted by Crippen LogP contribution is 2.15. The maximum absolute atomic E-state index is 5.72. The summed E-state index contributed by atoms with van der Waals surface area (Å²) in [6, 6.07) is 4.32. The fraction of sp³-hybridized carbons (Fsp3) is 0.600. The zero-order valence-corrected chi connectivity index (χ0v) is 9.00. The van der Waals surface area contributed by atoms with E-state index in [2.05, 4.69) is 24.4 Å². The van der Waals surface area contributed by atoms with Gasteiger partial charge < -0.3 is 0 Å². The van der Waals surface area contributed by atoms with E-state index >= 15 is 0 Å². The Hall–Kier alpha value is -0.0100. The third kappa shape index (κ3) is 3.59. The van der Waals surface area contributed by atoms with E-state index in [9.17, 15) is 0 Å². The van der Waals surface area contributed by atoms with Crippen LogP contribution < -0.4 is 0 Å². The Bertz CT molecular complexity index is 194. The van der Waals surface area contributed by atoms with Crippen molar-refractivity contribution < 1.29 is 0 Å². The number of thiophene rings is 1. The lowest BCUT2D eigenvalue weighted by molar-refractivity contribution is 0.563. The molecule has 0 spiro atoms. The van der Waals surface area contributed by atoms with Crippen molar-refractivity contribution in [2.24, 2.45) is 5.92 Å². The summed E-state index contributed by atoms with van der Waals surface area (Å²) >= 11 is 7.56. The van der Waals surface area contributed by atoms with Crippen LogP contribution >= 0.6 is 22.9 Å². The minimum atomic E-state index is 0.673. The predicted molar refractivity (Wildman–Crippen MR) is 57.1 cm³/mol. The molecule has 0 bridgehead atoms. The molecule has 0 saturated carbocycles. The molecule has 1 rings (SSSR count). The van der Waals surface area contributed by atoms with Crippen LogP contribution in [0.3, 0.4) is 0 Å². The monoisotopic (exact) mass is 202 g/mol. The number of hydrogen-bond donors (Lipinski definition) is 0. The maximum atomic E-state index is 5.72. The number of rotatable bonds is 5. The van der Waals surface area contributed by atoms with Crippen molar-refractivity contribution in [3.05, 3.63) is 22.4 Å². The van der Waals surface area contributed by atoms with Gasteiger partial charge in [-0.05, 0) is 36.6 Å². The largest absolute Gasteiger partial charge is 0.149 e. The Morgan fingerprint density at radius 2 is 2.42 bits per heavy atom. The first-order valence-electron chi connectivity index (χ1n) is 4.41. The number of hydrogen-bond acceptors (Lipinski definition) is 1. The quantitative estimate of drug-likeness (QED) is 0.635. The minimum absolute atomic E-state index is 0.673. The van der Waals surface area contributed by atoms with Gasteiger partial charge in [0.05, 0.1) is 0 Å². The van der Waals surface area contributed by atoms with E-state index in [1.54, 1.807) is 0 Å². The van der Waals surface area contributed by atoms with E-state index in [-0.39, 0.29) is 0 Å². The van der Waals surface area contributed by atoms with E-state index in [0.29, 0.717) is 5.92 Å². The Kier molecular flexibility index (Phi) is 4.70. The van der Waals surface area contributed by atoms with E-state index in [1.165, 1.54) is 24.1 Å². The fourth-order valence-corrected chi connectivity index (χ4v) is 2.06. The molecule has 2 heteroatoms. The molecule has 1 aromatic rings. The van der Waals surface area contributed by atoms with Crippen LogP contribution in [0.1, 0.15) is 24.6 Å². The third-order valence-corrected chi connectivity index (χ3v) is 3.43. The average molecular weight is 203 g/mol. The molecule has 0 amide bonds. The van der Waals surface area contributed by atoms with Gasteiger partial charge in [0, 0.05) is 10.8 Å². The summed E-state index contributed by atoms with van der Waals surface area (Å²) in [6.45, 7) is 2.21. The minimum Gasteiger partial charge on any atom is -0.149 e. The van der Waals surface area contributed by atoms with E-state index in [1.807, 2.05) is 11.3 Å². The lowest BCUT2D eigenvalue weighted by Crippen LogP contribution is -1.96. The molecule has 1 unspecified atom stereocenters. The summed E-state index contributed by atoms with van der Waals surface area (Å²) in [7, 11) is 0. The van der Waals surface area contributed by atoms with Crippen LogP contribution in [0, 0.1) is 5.92 Å². The predicted octanol–water partition coefficient (Wildman–Crippen LogP) is 3.95. The summed E-state index contributed by atoms with van der Waals surface area (Å²) in [5.74, 6) is 1.47. The highest BCUT2D eigenvalue weighted by atomic mass is 35.5. The van der Waals surface area contributed by atoms with Gasteiger partial charge in [0.1, 0.15) is 0 Å². The van der Waals surface area contributed by atoms with Gasteiger partial charge in [-0.25, -0.2) is 0 Å². The second kappa shape index (κ2) is 5.60. The van der Waals surface area contributed by atoms with Crippen LogP contribution in [0.25, 0.3) is 0 Å². The highest BCUT2D eigenvalue weighted by Gasteiger charge is 2.00. The van der Waals surface area contributed by atoms with Gasteiger partial charge in [-0.15, -0.1) is 22.9 Å². The normalized spacial score (nSPS) is 13.2. The Labute approximate surface area is 83.6 Å². The van der Waals surface area contributed by atoms with Crippen LogP contribution in [0.15, 0.2) is 17.5 Å². The van der Waals surface area contributed by atoms with Gasteiger partial charge in [-0.3, -0.25) is 0 Å². The molecular formula is C10H15ClS. The molecule has 0 aliphatic carbocycles. The maximum Gasteiger partial charge on any atom is 0.0249 e. The lowest BCUT2D eigenvalue weighted by atomic mass is 10.1. The van der Waals surface area contributed by atoms with Gasteiger partial charge in [0.2, 0.25) is 0 Å². The lowest BCUT2D eigenvalue weighted by Gasteiger charge is -2.04. The third-order valence-electron chi connectivity index (χ3n) is 1.96. The zero-order chi connectivity index (χ0) is 8.81. The van der Waals surface area contributed by atoms with Crippen molar-refractivity contribution in [2.45, 2.75) is 26.2 Å². The molecule has 0 N–H and O–H groups in total. The molecule has 0 nitrogen and oxygen atoms in total. The standard InChI is InChI=1S/C10H15ClS/c1-9(8-11)4-2-5-10-6-3-7-12-10/h3,6-7,9H,2,4-5,8H2,1H3. The van der Waals surface area contributed by atoms with E-state index in [4.69, 9.17) is 11.6 Å². The van der Waals surface area contributed by atoms with Gasteiger partial charge in [-0.2, -0.15) is 0 Å². The van der Waals surface area contributed by atoms with Gasteiger partial charge >= 0.3 is 0 Å². The molecule has 68 valence electrons. The van der Waals surface area contributed by atoms with E-state index < -0.39 is 0 Å². The molecule has 1 aromatic heterocycles. The SMILES string of the molecule is CC(CCl)CCCc1cccs1. The number of alkyl halides is 1. The van der Waals surface area contributed by atoms with Crippen molar-refractivity contribution >= 4 is 22.9 Å². The summed E-state index contributed by atoms with van der Waals surface area (Å²) in [4.78, 5) is 1.50. The number of halogens is 1. The molecule has 1 atom stereocenters. The average Bonchev–Trinajstić information content (AvgIpc) is 2.57. The second-order valence-electron chi connectivity index (χ2n) is 3.23. The van der Waals surface area contributed by atoms with Crippen molar-refractivity contribution in [3.63, 3.8) is 0 Å². The fourth-order valence-electron chi connectivity index (χ4n) is 1.16. The number of aryl methyl sites for hydroxylation is 1. The first kappa shape index (κ1) is 10.1. The van der Waals surface area contributed by atoms with Crippen molar-refractivity contribution in [1.82, 2.24) is 0 Å². The summed E-state index contributed by atoms with van der Waals surface area (Å²) in [5.41, 5.74) is 0. The molecule has 0 fully saturated rings. The van der Waals surface area contributed by atoms with Crippen molar-refractivity contribution in [3.8, 4) is 0 Å². The van der Waals surface area contributed by atoms with Crippen LogP contribution in [-0.4, -0.2) is 5.88 Å². The molecule has 0 aliphatic rings. The summed E-state index contributed by atoms with van der Waals surface area (Å²) < 4.78 is 0. The second-order valence-corrected chi connectivity index (χ2v) is 4.57. The first-order chi connectivity index (χ1) is 5.83. The smallest absolute Gasteiger partial charge is 0.0249 e. The molecule has 12 heavy (non-hydrogen) atoms. The summed E-state index contributed by atoms with van der Waals surface area (Å²) in [6.07, 6.45) is 3.74. The van der Waals surface area contributed by atoms with Gasteiger partial charge in [-0.1, -0.05) is 13.0 Å². The van der Waals surface area contributed by atoms with Crippen LogP contribution in [0.2, 0.25) is 0 Å². The Balaban J connectivity index is 2.11. The topological polar surface area (TPSA) is 0 Å². The molecule has 0 radical (unpaired) electrons. The Morgan fingerprint density at radius 3 is 3.00 bits per heavy atom. The molecule has 0 aromatic carbocycles. The molecular weight excluding hydrogens is 188 g/mol. The van der Waals surface area contributed by atoms with Crippen LogP contribution in [0.4, 0.5) is 0 Å². The molecule has 0 saturated heterocycles. The Morgan fingerprint density at radius 1 is 1.58 bits per heavy atom.